The van der Waals surface area contributed by atoms with E-state index in [0.29, 0.717) is 5.95 Å². The van der Waals surface area contributed by atoms with Gasteiger partial charge in [0.25, 0.3) is 0 Å². The molecule has 1 aromatic carbocycles. The highest BCUT2D eigenvalue weighted by Crippen LogP contribution is 2.23. The lowest BCUT2D eigenvalue weighted by molar-refractivity contribution is 0.380. The van der Waals surface area contributed by atoms with Crippen molar-refractivity contribution in [1.29, 1.82) is 0 Å². The van der Waals surface area contributed by atoms with Crippen LogP contribution in [0.25, 0.3) is 10.2 Å². The lowest BCUT2D eigenvalue weighted by Crippen LogP contribution is -2.05. The van der Waals surface area contributed by atoms with Gasteiger partial charge in [0.1, 0.15) is 0 Å². The Balaban J connectivity index is 1.93. The molecule has 8 heteroatoms. The summed E-state index contributed by atoms with van der Waals surface area (Å²) >= 11 is 1.57. The molecule has 96 valence electrons. The summed E-state index contributed by atoms with van der Waals surface area (Å²) < 4.78 is 6.02. The van der Waals surface area contributed by atoms with Gasteiger partial charge in [-0.25, -0.2) is 4.98 Å². The fraction of sp³-hybridized carbons (Fsp3) is 0.0909. The van der Waals surface area contributed by atoms with Crippen LogP contribution in [0, 0.1) is 0 Å². The van der Waals surface area contributed by atoms with Gasteiger partial charge in [0.2, 0.25) is 11.9 Å². The van der Waals surface area contributed by atoms with Crippen LogP contribution in [-0.2, 0) is 0 Å². The monoisotopic (exact) mass is 274 g/mol. The first-order valence-electron chi connectivity index (χ1n) is 5.40. The number of nitrogen functional groups attached to an aromatic ring is 1. The van der Waals surface area contributed by atoms with E-state index in [2.05, 4.69) is 25.3 Å². The zero-order chi connectivity index (χ0) is 13.2. The van der Waals surface area contributed by atoms with Gasteiger partial charge in [-0.15, -0.1) is 11.3 Å². The van der Waals surface area contributed by atoms with Gasteiger partial charge >= 0.3 is 6.01 Å². The minimum absolute atomic E-state index is 0.105. The predicted octanol–water partition coefficient (Wildman–Crippen LogP) is 1.82. The maximum absolute atomic E-state index is 5.57. The van der Waals surface area contributed by atoms with E-state index in [1.165, 1.54) is 7.11 Å². The van der Waals surface area contributed by atoms with Gasteiger partial charge in [-0.05, 0) is 18.2 Å². The molecule has 3 N–H and O–H groups in total. The van der Waals surface area contributed by atoms with Crippen molar-refractivity contribution in [2.45, 2.75) is 0 Å². The number of hydrogen-bond donors (Lipinski definition) is 2. The third kappa shape index (κ3) is 2.38. The van der Waals surface area contributed by atoms with Crippen molar-refractivity contribution in [2.24, 2.45) is 0 Å². The van der Waals surface area contributed by atoms with E-state index in [-0.39, 0.29) is 12.0 Å². The van der Waals surface area contributed by atoms with Crippen molar-refractivity contribution >= 4 is 39.1 Å². The van der Waals surface area contributed by atoms with Crippen molar-refractivity contribution in [2.75, 3.05) is 18.2 Å². The molecule has 0 aliphatic rings. The van der Waals surface area contributed by atoms with Crippen molar-refractivity contribution < 1.29 is 4.74 Å². The number of rotatable bonds is 3. The molecule has 0 aliphatic carbocycles. The number of ether oxygens (including phenoxy) is 1. The summed E-state index contributed by atoms with van der Waals surface area (Å²) in [5.74, 6) is 0.446. The molecule has 0 atom stereocenters. The fourth-order valence-electron chi connectivity index (χ4n) is 1.58. The predicted molar refractivity (Wildman–Crippen MR) is 73.7 cm³/mol. The minimum atomic E-state index is 0.105. The number of nitrogens with two attached hydrogens (primary N) is 1. The first-order chi connectivity index (χ1) is 9.24. The number of thiazole rings is 1. The number of methoxy groups -OCH3 is 1. The highest BCUT2D eigenvalue weighted by atomic mass is 32.1. The molecule has 0 fully saturated rings. The largest absolute Gasteiger partial charge is 0.467 e. The Morgan fingerprint density at radius 2 is 2.16 bits per heavy atom. The number of nitrogens with one attached hydrogen (secondary N) is 1. The van der Waals surface area contributed by atoms with Crippen molar-refractivity contribution in [3.63, 3.8) is 0 Å². The molecule has 0 radical (unpaired) electrons. The second kappa shape index (κ2) is 4.65. The summed E-state index contributed by atoms with van der Waals surface area (Å²) in [6.45, 7) is 0. The van der Waals surface area contributed by atoms with Crippen molar-refractivity contribution in [3.8, 4) is 6.01 Å². The molecule has 3 aromatic rings. The van der Waals surface area contributed by atoms with E-state index in [0.717, 1.165) is 15.9 Å². The lowest BCUT2D eigenvalue weighted by Gasteiger charge is -2.06. The Labute approximate surface area is 112 Å². The van der Waals surface area contributed by atoms with Crippen LogP contribution in [0.5, 0.6) is 6.01 Å². The third-order valence-corrected chi connectivity index (χ3v) is 3.19. The van der Waals surface area contributed by atoms with Crippen LogP contribution in [0.4, 0.5) is 17.6 Å². The Hall–Kier alpha value is -2.48. The SMILES string of the molecule is COc1nc(N)nc(Nc2ccc3ncsc3c2)n1. The van der Waals surface area contributed by atoms with Gasteiger partial charge in [0, 0.05) is 5.69 Å². The Kier molecular flexibility index (Phi) is 2.84. The van der Waals surface area contributed by atoms with E-state index in [9.17, 15) is 0 Å². The van der Waals surface area contributed by atoms with Crippen LogP contribution in [0.15, 0.2) is 23.7 Å². The zero-order valence-electron chi connectivity index (χ0n) is 9.99. The summed E-state index contributed by atoms with van der Waals surface area (Å²) in [5, 5.41) is 3.06. The molecule has 2 aromatic heterocycles. The molecule has 7 nitrogen and oxygen atoms in total. The maximum Gasteiger partial charge on any atom is 0.322 e. The van der Waals surface area contributed by atoms with Gasteiger partial charge in [0.15, 0.2) is 0 Å². The van der Waals surface area contributed by atoms with E-state index < -0.39 is 0 Å². The summed E-state index contributed by atoms with van der Waals surface area (Å²) in [5.41, 5.74) is 9.19. The van der Waals surface area contributed by atoms with Gasteiger partial charge in [-0.1, -0.05) is 0 Å². The average molecular weight is 274 g/mol. The Morgan fingerprint density at radius 3 is 3.00 bits per heavy atom. The van der Waals surface area contributed by atoms with Crippen molar-refractivity contribution in [1.82, 2.24) is 19.9 Å². The van der Waals surface area contributed by atoms with Gasteiger partial charge in [-0.2, -0.15) is 15.0 Å². The number of benzene rings is 1. The number of hydrogen-bond acceptors (Lipinski definition) is 8. The standard InChI is InChI=1S/C11H10N6OS/c1-18-11-16-9(12)15-10(17-11)14-6-2-3-7-8(4-6)19-5-13-7/h2-5H,1H3,(H3,12,14,15,16,17). The number of anilines is 3. The van der Waals surface area contributed by atoms with E-state index in [4.69, 9.17) is 10.5 Å². The molecule has 0 bridgehead atoms. The molecule has 0 amide bonds. The molecular weight excluding hydrogens is 264 g/mol. The van der Waals surface area contributed by atoms with E-state index in [1.807, 2.05) is 18.2 Å². The molecular formula is C11H10N6OS. The maximum atomic E-state index is 5.57. The molecule has 3 rings (SSSR count). The second-order valence-electron chi connectivity index (χ2n) is 3.66. The van der Waals surface area contributed by atoms with Crippen LogP contribution in [-0.4, -0.2) is 27.0 Å². The lowest BCUT2D eigenvalue weighted by atomic mass is 10.3. The summed E-state index contributed by atoms with van der Waals surface area (Å²) in [6, 6.07) is 5.97. The topological polar surface area (TPSA) is 98.8 Å². The number of fused-ring (bicyclic) bond motifs is 1. The highest BCUT2D eigenvalue weighted by molar-refractivity contribution is 7.16. The zero-order valence-corrected chi connectivity index (χ0v) is 10.8. The Bertz CT molecular complexity index is 728. The summed E-state index contributed by atoms with van der Waals surface area (Å²) in [6.07, 6.45) is 0. The smallest absolute Gasteiger partial charge is 0.322 e. The quantitative estimate of drug-likeness (QED) is 0.751. The highest BCUT2D eigenvalue weighted by Gasteiger charge is 2.05. The van der Waals surface area contributed by atoms with Gasteiger partial charge in [0.05, 0.1) is 22.8 Å². The third-order valence-electron chi connectivity index (χ3n) is 2.40. The van der Waals surface area contributed by atoms with Crippen LogP contribution in [0.2, 0.25) is 0 Å². The molecule has 0 saturated carbocycles. The molecule has 2 heterocycles. The van der Waals surface area contributed by atoms with Crippen LogP contribution < -0.4 is 15.8 Å². The summed E-state index contributed by atoms with van der Waals surface area (Å²) in [7, 11) is 1.47. The van der Waals surface area contributed by atoms with Crippen LogP contribution >= 0.6 is 11.3 Å². The van der Waals surface area contributed by atoms with E-state index in [1.54, 1.807) is 16.8 Å². The second-order valence-corrected chi connectivity index (χ2v) is 4.55. The minimum Gasteiger partial charge on any atom is -0.467 e. The average Bonchev–Trinajstić information content (AvgIpc) is 2.85. The van der Waals surface area contributed by atoms with Crippen LogP contribution in [0.1, 0.15) is 0 Å². The first-order valence-corrected chi connectivity index (χ1v) is 6.28. The first kappa shape index (κ1) is 11.6. The normalized spacial score (nSPS) is 10.6. The fourth-order valence-corrected chi connectivity index (χ4v) is 2.30. The van der Waals surface area contributed by atoms with Gasteiger partial charge in [-0.3, -0.25) is 0 Å². The van der Waals surface area contributed by atoms with Crippen LogP contribution in [0.3, 0.4) is 0 Å². The number of nitrogens with zero attached hydrogens (tertiary/aromatic N) is 4. The molecule has 0 spiro atoms. The van der Waals surface area contributed by atoms with Gasteiger partial charge < -0.3 is 15.8 Å². The molecule has 19 heavy (non-hydrogen) atoms. The molecule has 0 aliphatic heterocycles. The van der Waals surface area contributed by atoms with E-state index >= 15 is 0 Å². The van der Waals surface area contributed by atoms with Crippen molar-refractivity contribution in [3.05, 3.63) is 23.7 Å². The number of aromatic nitrogens is 4. The molecule has 0 saturated heterocycles. The summed E-state index contributed by atoms with van der Waals surface area (Å²) in [4.78, 5) is 16.1. The molecule has 0 unspecified atom stereocenters. The Morgan fingerprint density at radius 1 is 1.26 bits per heavy atom.